The van der Waals surface area contributed by atoms with Crippen molar-refractivity contribution >= 4 is 10.0 Å². The molecule has 0 aliphatic rings. The Hall–Kier alpha value is -1.79. The number of nitrogens with one attached hydrogen (secondary N) is 1. The maximum atomic E-state index is 11.9. The van der Waals surface area contributed by atoms with Crippen molar-refractivity contribution in [2.45, 2.75) is 12.8 Å². The first-order valence-corrected chi connectivity index (χ1v) is 8.06. The van der Waals surface area contributed by atoms with Crippen LogP contribution in [0.2, 0.25) is 0 Å². The van der Waals surface area contributed by atoms with E-state index in [0.29, 0.717) is 19.4 Å². The lowest BCUT2D eigenvalue weighted by Gasteiger charge is -2.06. The molecule has 0 spiro atoms. The zero-order valence-electron chi connectivity index (χ0n) is 11.1. The van der Waals surface area contributed by atoms with Gasteiger partial charge >= 0.3 is 0 Å². The molecule has 5 nitrogen and oxygen atoms in total. The number of sulfonamides is 1. The molecule has 1 N–H and O–H groups in total. The lowest BCUT2D eigenvalue weighted by molar-refractivity contribution is 0.581. The van der Waals surface area contributed by atoms with Crippen molar-refractivity contribution < 1.29 is 8.42 Å². The highest BCUT2D eigenvalue weighted by atomic mass is 32.2. The molecule has 0 saturated carbocycles. The molecular weight excluding hydrogens is 274 g/mol. The predicted molar refractivity (Wildman–Crippen MR) is 77.7 cm³/mol. The molecule has 0 radical (unpaired) electrons. The minimum Gasteiger partial charge on any atom is -0.245 e. The van der Waals surface area contributed by atoms with E-state index >= 15 is 0 Å². The fourth-order valence-electron chi connectivity index (χ4n) is 1.78. The Morgan fingerprint density at radius 1 is 0.950 bits per heavy atom. The quantitative estimate of drug-likeness (QED) is 0.831. The second-order valence-corrected chi connectivity index (χ2v) is 6.37. The van der Waals surface area contributed by atoms with Crippen LogP contribution in [-0.4, -0.2) is 30.7 Å². The zero-order chi connectivity index (χ0) is 14.3. The Morgan fingerprint density at radius 2 is 1.65 bits per heavy atom. The van der Waals surface area contributed by atoms with Gasteiger partial charge in [0.1, 0.15) is 6.33 Å². The zero-order valence-corrected chi connectivity index (χ0v) is 11.9. The monoisotopic (exact) mass is 291 g/mol. The van der Waals surface area contributed by atoms with Gasteiger partial charge < -0.3 is 0 Å². The van der Waals surface area contributed by atoms with Crippen LogP contribution < -0.4 is 4.72 Å². The standard InChI is InChI=1S/C14H17N3O2S/c18-20(19,9-7-13-4-2-1-3-5-13)17-8-6-14-10-15-12-16-11-14/h1-5,10-12,17H,6-9H2. The van der Waals surface area contributed by atoms with E-state index in [4.69, 9.17) is 0 Å². The molecule has 0 aliphatic carbocycles. The van der Waals surface area contributed by atoms with Crippen LogP contribution in [0.1, 0.15) is 11.1 Å². The first kappa shape index (κ1) is 14.6. The van der Waals surface area contributed by atoms with E-state index in [2.05, 4.69) is 14.7 Å². The fourth-order valence-corrected chi connectivity index (χ4v) is 2.84. The Kier molecular flexibility index (Phi) is 5.20. The van der Waals surface area contributed by atoms with E-state index < -0.39 is 10.0 Å². The first-order chi connectivity index (χ1) is 9.66. The fraction of sp³-hybridized carbons (Fsp3) is 0.286. The molecule has 20 heavy (non-hydrogen) atoms. The third-order valence-corrected chi connectivity index (χ3v) is 4.24. The SMILES string of the molecule is O=S(=O)(CCc1ccccc1)NCCc1cncnc1. The third kappa shape index (κ3) is 5.07. The molecule has 0 unspecified atom stereocenters. The molecule has 0 saturated heterocycles. The number of rotatable bonds is 7. The normalized spacial score (nSPS) is 11.4. The third-order valence-electron chi connectivity index (χ3n) is 2.85. The first-order valence-electron chi connectivity index (χ1n) is 6.41. The van der Waals surface area contributed by atoms with Crippen molar-refractivity contribution in [2.75, 3.05) is 12.3 Å². The Bertz CT molecular complexity index is 615. The van der Waals surface area contributed by atoms with Crippen LogP contribution in [0.4, 0.5) is 0 Å². The summed E-state index contributed by atoms with van der Waals surface area (Å²) < 4.78 is 26.3. The van der Waals surface area contributed by atoms with E-state index in [1.54, 1.807) is 12.4 Å². The summed E-state index contributed by atoms with van der Waals surface area (Å²) in [4.78, 5) is 7.77. The van der Waals surface area contributed by atoms with Crippen molar-refractivity contribution in [1.82, 2.24) is 14.7 Å². The van der Waals surface area contributed by atoms with Gasteiger partial charge in [-0.15, -0.1) is 0 Å². The van der Waals surface area contributed by atoms with Crippen molar-refractivity contribution in [3.8, 4) is 0 Å². The van der Waals surface area contributed by atoms with Crippen LogP contribution in [0.25, 0.3) is 0 Å². The molecule has 1 heterocycles. The van der Waals surface area contributed by atoms with E-state index in [0.717, 1.165) is 11.1 Å². The molecule has 106 valence electrons. The van der Waals surface area contributed by atoms with E-state index in [-0.39, 0.29) is 5.75 Å². The maximum absolute atomic E-state index is 11.9. The molecule has 0 bridgehead atoms. The highest BCUT2D eigenvalue weighted by molar-refractivity contribution is 7.89. The predicted octanol–water partition coefficient (Wildman–Crippen LogP) is 1.18. The van der Waals surface area contributed by atoms with Gasteiger partial charge in [0, 0.05) is 18.9 Å². The minimum atomic E-state index is -3.24. The van der Waals surface area contributed by atoms with Gasteiger partial charge in [-0.1, -0.05) is 30.3 Å². The largest absolute Gasteiger partial charge is 0.245 e. The Labute approximate surface area is 119 Å². The highest BCUT2D eigenvalue weighted by Gasteiger charge is 2.09. The van der Waals surface area contributed by atoms with E-state index in [1.165, 1.54) is 6.33 Å². The van der Waals surface area contributed by atoms with Crippen LogP contribution >= 0.6 is 0 Å². The summed E-state index contributed by atoms with van der Waals surface area (Å²) >= 11 is 0. The van der Waals surface area contributed by atoms with Gasteiger partial charge in [0.25, 0.3) is 0 Å². The molecule has 6 heteroatoms. The second-order valence-electron chi connectivity index (χ2n) is 4.45. The number of aryl methyl sites for hydroxylation is 1. The number of nitrogens with zero attached hydrogens (tertiary/aromatic N) is 2. The molecule has 0 amide bonds. The topological polar surface area (TPSA) is 72.0 Å². The lowest BCUT2D eigenvalue weighted by atomic mass is 10.2. The van der Waals surface area contributed by atoms with Crippen LogP contribution in [0.5, 0.6) is 0 Å². The lowest BCUT2D eigenvalue weighted by Crippen LogP contribution is -2.29. The summed E-state index contributed by atoms with van der Waals surface area (Å²) in [5.74, 6) is 0.0995. The average molecular weight is 291 g/mol. The molecule has 0 fully saturated rings. The summed E-state index contributed by atoms with van der Waals surface area (Å²) in [6.07, 6.45) is 5.93. The molecule has 2 aromatic rings. The van der Waals surface area contributed by atoms with Gasteiger partial charge in [-0.05, 0) is 24.0 Å². The number of hydrogen-bond donors (Lipinski definition) is 1. The van der Waals surface area contributed by atoms with Crippen LogP contribution in [-0.2, 0) is 22.9 Å². The van der Waals surface area contributed by atoms with Gasteiger partial charge in [0.2, 0.25) is 10.0 Å². The van der Waals surface area contributed by atoms with Gasteiger partial charge in [-0.3, -0.25) is 0 Å². The van der Waals surface area contributed by atoms with Gasteiger partial charge in [-0.2, -0.15) is 0 Å². The summed E-state index contributed by atoms with van der Waals surface area (Å²) in [6, 6.07) is 9.58. The Balaban J connectivity index is 1.77. The van der Waals surface area contributed by atoms with Crippen molar-refractivity contribution in [3.05, 3.63) is 60.2 Å². The van der Waals surface area contributed by atoms with Crippen LogP contribution in [0, 0.1) is 0 Å². The van der Waals surface area contributed by atoms with E-state index in [9.17, 15) is 8.42 Å². The average Bonchev–Trinajstić information content (AvgIpc) is 2.47. The minimum absolute atomic E-state index is 0.0995. The van der Waals surface area contributed by atoms with Crippen molar-refractivity contribution in [3.63, 3.8) is 0 Å². The van der Waals surface area contributed by atoms with Crippen LogP contribution in [0.15, 0.2) is 49.1 Å². The molecule has 1 aromatic heterocycles. The molecule has 1 aromatic carbocycles. The molecular formula is C14H17N3O2S. The number of aromatic nitrogens is 2. The van der Waals surface area contributed by atoms with Gasteiger partial charge in [0.05, 0.1) is 5.75 Å². The Morgan fingerprint density at radius 3 is 2.35 bits per heavy atom. The van der Waals surface area contributed by atoms with Crippen LogP contribution in [0.3, 0.4) is 0 Å². The van der Waals surface area contributed by atoms with Crippen molar-refractivity contribution in [1.29, 1.82) is 0 Å². The van der Waals surface area contributed by atoms with Crippen molar-refractivity contribution in [2.24, 2.45) is 0 Å². The molecule has 0 atom stereocenters. The highest BCUT2D eigenvalue weighted by Crippen LogP contribution is 2.01. The maximum Gasteiger partial charge on any atom is 0.211 e. The summed E-state index contributed by atoms with van der Waals surface area (Å²) in [5.41, 5.74) is 1.94. The smallest absolute Gasteiger partial charge is 0.211 e. The van der Waals surface area contributed by atoms with E-state index in [1.807, 2.05) is 30.3 Å². The molecule has 2 rings (SSSR count). The van der Waals surface area contributed by atoms with Gasteiger partial charge in [-0.25, -0.2) is 23.1 Å². The number of hydrogen-bond acceptors (Lipinski definition) is 4. The summed E-state index contributed by atoms with van der Waals surface area (Å²) in [7, 11) is -3.24. The summed E-state index contributed by atoms with van der Waals surface area (Å²) in [5, 5.41) is 0. The second kappa shape index (κ2) is 7.12. The van der Waals surface area contributed by atoms with Gasteiger partial charge in [0.15, 0.2) is 0 Å². The number of benzene rings is 1. The molecule has 0 aliphatic heterocycles. The summed E-state index contributed by atoms with van der Waals surface area (Å²) in [6.45, 7) is 0.366.